The first-order valence-electron chi connectivity index (χ1n) is 4.61. The molecule has 0 aromatic heterocycles. The minimum atomic E-state index is -0.807. The maximum Gasteiger partial charge on any atom is 0.328 e. The van der Waals surface area contributed by atoms with Crippen molar-refractivity contribution in [3.8, 4) is 0 Å². The molecule has 0 saturated heterocycles. The molecule has 68 valence electrons. The van der Waals surface area contributed by atoms with Gasteiger partial charge in [0, 0.05) is 6.08 Å². The fourth-order valence-corrected chi connectivity index (χ4v) is 1.87. The van der Waals surface area contributed by atoms with Gasteiger partial charge in [0.2, 0.25) is 0 Å². The zero-order chi connectivity index (χ0) is 8.97. The van der Waals surface area contributed by atoms with Crippen molar-refractivity contribution in [1.82, 2.24) is 0 Å². The maximum atomic E-state index is 10.4. The molecule has 0 bridgehead atoms. The van der Waals surface area contributed by atoms with E-state index in [2.05, 4.69) is 0 Å². The van der Waals surface area contributed by atoms with E-state index in [4.69, 9.17) is 5.11 Å². The van der Waals surface area contributed by atoms with Crippen LogP contribution in [0.3, 0.4) is 0 Å². The molecule has 2 nitrogen and oxygen atoms in total. The van der Waals surface area contributed by atoms with Crippen LogP contribution in [0.25, 0.3) is 0 Å². The van der Waals surface area contributed by atoms with Crippen molar-refractivity contribution in [2.45, 2.75) is 39.0 Å². The first-order chi connectivity index (χ1) is 5.70. The summed E-state index contributed by atoms with van der Waals surface area (Å²) in [6.07, 6.45) is 7.54. The van der Waals surface area contributed by atoms with Gasteiger partial charge in [0.25, 0.3) is 0 Å². The van der Waals surface area contributed by atoms with Crippen LogP contribution in [0.2, 0.25) is 0 Å². The number of carboxylic acid groups (broad SMARTS) is 1. The predicted octanol–water partition coefficient (Wildman–Crippen LogP) is 2.60. The lowest BCUT2D eigenvalue weighted by molar-refractivity contribution is -0.131. The van der Waals surface area contributed by atoms with Crippen LogP contribution >= 0.6 is 0 Å². The Hall–Kier alpha value is -0.790. The Labute approximate surface area is 73.3 Å². The van der Waals surface area contributed by atoms with Gasteiger partial charge in [-0.05, 0) is 25.7 Å². The van der Waals surface area contributed by atoms with Crippen LogP contribution in [0.5, 0.6) is 0 Å². The average molecular weight is 168 g/mol. The summed E-state index contributed by atoms with van der Waals surface area (Å²) in [6, 6.07) is 0. The first kappa shape index (κ1) is 9.30. The second-order valence-electron chi connectivity index (χ2n) is 3.56. The number of allylic oxidation sites excluding steroid dienone is 1. The lowest BCUT2D eigenvalue weighted by Gasteiger charge is -2.21. The van der Waals surface area contributed by atoms with Crippen molar-refractivity contribution < 1.29 is 9.90 Å². The molecule has 1 fully saturated rings. The van der Waals surface area contributed by atoms with Crippen LogP contribution in [-0.2, 0) is 4.79 Å². The van der Waals surface area contributed by atoms with Crippen LogP contribution in [-0.4, -0.2) is 11.1 Å². The van der Waals surface area contributed by atoms with Gasteiger partial charge in [0.15, 0.2) is 0 Å². The number of hydrogen-bond donors (Lipinski definition) is 1. The minimum absolute atomic E-state index is 0.537. The second-order valence-corrected chi connectivity index (χ2v) is 3.56. The minimum Gasteiger partial charge on any atom is -0.478 e. The van der Waals surface area contributed by atoms with E-state index >= 15 is 0 Å². The lowest BCUT2D eigenvalue weighted by Crippen LogP contribution is -2.08. The molecule has 0 aliphatic heterocycles. The summed E-state index contributed by atoms with van der Waals surface area (Å²) in [4.78, 5) is 10.4. The van der Waals surface area contributed by atoms with Gasteiger partial charge in [-0.15, -0.1) is 0 Å². The normalized spacial score (nSPS) is 20.9. The van der Waals surface area contributed by atoms with Gasteiger partial charge >= 0.3 is 5.97 Å². The highest BCUT2D eigenvalue weighted by atomic mass is 16.4. The third kappa shape index (κ3) is 2.68. The number of carbonyl (C=O) groups is 1. The summed E-state index contributed by atoms with van der Waals surface area (Å²) in [6.45, 7) is 1.93. The molecule has 0 spiro atoms. The molecule has 0 radical (unpaired) electrons. The topological polar surface area (TPSA) is 37.3 Å². The SMILES string of the molecule is CC(=CC(=O)O)C1CCCCC1. The summed E-state index contributed by atoms with van der Waals surface area (Å²) in [5, 5.41) is 8.54. The van der Waals surface area contributed by atoms with Gasteiger partial charge in [-0.25, -0.2) is 4.79 Å². The zero-order valence-electron chi connectivity index (χ0n) is 7.55. The summed E-state index contributed by atoms with van der Waals surface area (Å²) in [5.41, 5.74) is 1.04. The molecule has 1 rings (SSSR count). The molecular weight excluding hydrogens is 152 g/mol. The number of aliphatic carboxylic acids is 1. The van der Waals surface area contributed by atoms with Gasteiger partial charge in [-0.2, -0.15) is 0 Å². The van der Waals surface area contributed by atoms with Gasteiger partial charge < -0.3 is 5.11 Å². The Morgan fingerprint density at radius 3 is 2.42 bits per heavy atom. The molecule has 0 amide bonds. The van der Waals surface area contributed by atoms with Crippen LogP contribution in [0.4, 0.5) is 0 Å². The van der Waals surface area contributed by atoms with E-state index in [-0.39, 0.29) is 0 Å². The van der Waals surface area contributed by atoms with Crippen molar-refractivity contribution in [2.24, 2.45) is 5.92 Å². The van der Waals surface area contributed by atoms with Crippen molar-refractivity contribution in [3.05, 3.63) is 11.6 Å². The maximum absolute atomic E-state index is 10.4. The Morgan fingerprint density at radius 2 is 1.92 bits per heavy atom. The van der Waals surface area contributed by atoms with E-state index in [9.17, 15) is 4.79 Å². The van der Waals surface area contributed by atoms with Crippen LogP contribution < -0.4 is 0 Å². The molecular formula is C10H16O2. The summed E-state index contributed by atoms with van der Waals surface area (Å²) in [7, 11) is 0. The molecule has 1 saturated carbocycles. The van der Waals surface area contributed by atoms with Gasteiger partial charge in [0.05, 0.1) is 0 Å². The summed E-state index contributed by atoms with van der Waals surface area (Å²) in [5.74, 6) is -0.270. The van der Waals surface area contributed by atoms with Crippen molar-refractivity contribution >= 4 is 5.97 Å². The van der Waals surface area contributed by atoms with E-state index in [1.54, 1.807) is 0 Å². The number of hydrogen-bond acceptors (Lipinski definition) is 1. The van der Waals surface area contributed by atoms with E-state index in [0.29, 0.717) is 5.92 Å². The fraction of sp³-hybridized carbons (Fsp3) is 0.700. The highest BCUT2D eigenvalue weighted by Crippen LogP contribution is 2.29. The zero-order valence-corrected chi connectivity index (χ0v) is 7.55. The number of carboxylic acids is 1. The predicted molar refractivity (Wildman–Crippen MR) is 48.0 cm³/mol. The van der Waals surface area contributed by atoms with Crippen molar-refractivity contribution in [3.63, 3.8) is 0 Å². The van der Waals surface area contributed by atoms with Crippen LogP contribution in [0, 0.1) is 5.92 Å². The fourth-order valence-electron chi connectivity index (χ4n) is 1.87. The van der Waals surface area contributed by atoms with E-state index in [0.717, 1.165) is 5.57 Å². The quantitative estimate of drug-likeness (QED) is 0.643. The Balaban J connectivity index is 2.49. The molecule has 0 atom stereocenters. The van der Waals surface area contributed by atoms with Gasteiger partial charge in [-0.1, -0.05) is 24.8 Å². The molecule has 1 aliphatic rings. The Morgan fingerprint density at radius 1 is 1.33 bits per heavy atom. The van der Waals surface area contributed by atoms with Crippen molar-refractivity contribution in [2.75, 3.05) is 0 Å². The Bertz CT molecular complexity index is 188. The van der Waals surface area contributed by atoms with E-state index < -0.39 is 5.97 Å². The van der Waals surface area contributed by atoms with E-state index in [1.165, 1.54) is 38.2 Å². The molecule has 1 aliphatic carbocycles. The standard InChI is InChI=1S/C10H16O2/c1-8(7-10(11)12)9-5-3-2-4-6-9/h7,9H,2-6H2,1H3,(H,11,12). The van der Waals surface area contributed by atoms with Crippen LogP contribution in [0.1, 0.15) is 39.0 Å². The lowest BCUT2D eigenvalue weighted by atomic mass is 9.84. The molecule has 2 heteroatoms. The molecule has 0 aromatic rings. The monoisotopic (exact) mass is 168 g/mol. The third-order valence-electron chi connectivity index (χ3n) is 2.60. The Kier molecular flexibility index (Phi) is 3.32. The number of rotatable bonds is 2. The summed E-state index contributed by atoms with van der Waals surface area (Å²) >= 11 is 0. The first-order valence-corrected chi connectivity index (χ1v) is 4.61. The smallest absolute Gasteiger partial charge is 0.328 e. The summed E-state index contributed by atoms with van der Waals surface area (Å²) < 4.78 is 0. The molecule has 0 aromatic carbocycles. The average Bonchev–Trinajstić information content (AvgIpc) is 2.05. The van der Waals surface area contributed by atoms with Crippen molar-refractivity contribution in [1.29, 1.82) is 0 Å². The van der Waals surface area contributed by atoms with Gasteiger partial charge in [0.1, 0.15) is 0 Å². The van der Waals surface area contributed by atoms with E-state index in [1.807, 2.05) is 6.92 Å². The largest absolute Gasteiger partial charge is 0.478 e. The molecule has 0 unspecified atom stereocenters. The van der Waals surface area contributed by atoms with Gasteiger partial charge in [-0.3, -0.25) is 0 Å². The second kappa shape index (κ2) is 4.29. The van der Waals surface area contributed by atoms with Crippen LogP contribution in [0.15, 0.2) is 11.6 Å². The highest BCUT2D eigenvalue weighted by molar-refractivity contribution is 5.80. The molecule has 1 N–H and O–H groups in total. The highest BCUT2D eigenvalue weighted by Gasteiger charge is 2.15. The molecule has 12 heavy (non-hydrogen) atoms. The third-order valence-corrected chi connectivity index (χ3v) is 2.60. The molecule has 0 heterocycles.